The number of hydrogen-bond donors (Lipinski definition) is 2. The van der Waals surface area contributed by atoms with E-state index in [0.717, 1.165) is 16.9 Å². The van der Waals surface area contributed by atoms with E-state index in [-0.39, 0.29) is 28.7 Å². The average molecular weight is 569 g/mol. The molecule has 1 atom stereocenters. The van der Waals surface area contributed by atoms with Crippen LogP contribution in [-0.4, -0.2) is 27.6 Å². The summed E-state index contributed by atoms with van der Waals surface area (Å²) in [4.78, 5) is 27.7. The first-order valence-electron chi connectivity index (χ1n) is 12.8. The van der Waals surface area contributed by atoms with Gasteiger partial charge in [-0.1, -0.05) is 97.6 Å². The van der Waals surface area contributed by atoms with Crippen molar-refractivity contribution in [1.29, 1.82) is 5.26 Å². The van der Waals surface area contributed by atoms with E-state index in [2.05, 4.69) is 21.6 Å². The highest BCUT2D eigenvalue weighted by atomic mass is 32.2. The van der Waals surface area contributed by atoms with Gasteiger partial charge in [-0.05, 0) is 29.5 Å². The first-order valence-corrected chi connectivity index (χ1v) is 14.6. The quantitative estimate of drug-likeness (QED) is 0.345. The Labute approximate surface area is 241 Å². The van der Waals surface area contributed by atoms with Gasteiger partial charge < -0.3 is 11.1 Å². The molecule has 10 heteroatoms. The summed E-state index contributed by atoms with van der Waals surface area (Å²) in [5.74, 6) is -0.317. The second-order valence-electron chi connectivity index (χ2n) is 10.3. The lowest BCUT2D eigenvalue weighted by atomic mass is 9.70. The Morgan fingerprint density at radius 2 is 1.88 bits per heavy atom. The monoisotopic (exact) mass is 568 g/mol. The van der Waals surface area contributed by atoms with Gasteiger partial charge in [0.1, 0.15) is 5.82 Å². The Balaban J connectivity index is 1.45. The van der Waals surface area contributed by atoms with Crippen LogP contribution < -0.4 is 16.0 Å². The van der Waals surface area contributed by atoms with Gasteiger partial charge in [-0.2, -0.15) is 5.26 Å². The predicted molar refractivity (Wildman–Crippen MR) is 159 cm³/mol. The minimum atomic E-state index is -0.552. The normalized spacial score (nSPS) is 18.6. The van der Waals surface area contributed by atoms with Gasteiger partial charge in [0, 0.05) is 29.3 Å². The minimum Gasteiger partial charge on any atom is -0.384 e. The molecule has 0 saturated heterocycles. The van der Waals surface area contributed by atoms with E-state index in [9.17, 15) is 14.9 Å². The number of nitrogens with zero attached hydrogens (tertiary/aromatic N) is 4. The number of amides is 1. The molecule has 0 spiro atoms. The van der Waals surface area contributed by atoms with Crippen molar-refractivity contribution in [1.82, 2.24) is 10.2 Å². The van der Waals surface area contributed by atoms with Crippen LogP contribution in [0.1, 0.15) is 32.3 Å². The number of rotatable bonds is 7. The molecule has 1 aliphatic carbocycles. The third-order valence-electron chi connectivity index (χ3n) is 6.68. The number of hydrogen-bond acceptors (Lipinski definition) is 9. The second-order valence-corrected chi connectivity index (χ2v) is 12.5. The smallest absolute Gasteiger partial charge is 0.234 e. The zero-order valence-electron chi connectivity index (χ0n) is 22.1. The number of carbonyl (C=O) groups is 2. The van der Waals surface area contributed by atoms with Crippen molar-refractivity contribution in [2.24, 2.45) is 17.1 Å². The summed E-state index contributed by atoms with van der Waals surface area (Å²) in [7, 11) is 0. The van der Waals surface area contributed by atoms with Gasteiger partial charge in [0.25, 0.3) is 0 Å². The summed E-state index contributed by atoms with van der Waals surface area (Å²) < 4.78 is 0.583. The molecular formula is C30H28N6O2S2. The Hall–Kier alpha value is -4.20. The first-order chi connectivity index (χ1) is 19.3. The number of benzene rings is 2. The van der Waals surface area contributed by atoms with E-state index in [1.54, 1.807) is 4.90 Å². The lowest BCUT2D eigenvalue weighted by molar-refractivity contribution is -0.118. The van der Waals surface area contributed by atoms with Gasteiger partial charge in [-0.15, -0.1) is 10.2 Å². The largest absolute Gasteiger partial charge is 0.384 e. The van der Waals surface area contributed by atoms with Gasteiger partial charge in [-0.3, -0.25) is 14.5 Å². The van der Waals surface area contributed by atoms with E-state index in [0.29, 0.717) is 33.5 Å². The molecule has 3 N–H and O–H groups in total. The van der Waals surface area contributed by atoms with Gasteiger partial charge in [0.15, 0.2) is 10.1 Å². The zero-order chi connectivity index (χ0) is 28.3. The summed E-state index contributed by atoms with van der Waals surface area (Å²) in [6, 6.07) is 21.2. The topological polar surface area (TPSA) is 125 Å². The van der Waals surface area contributed by atoms with Crippen LogP contribution in [0.15, 0.2) is 93.7 Å². The fourth-order valence-corrected chi connectivity index (χ4v) is 6.61. The van der Waals surface area contributed by atoms with Crippen molar-refractivity contribution in [2.45, 2.75) is 31.0 Å². The maximum Gasteiger partial charge on any atom is 0.234 e. The molecule has 2 aliphatic rings. The van der Waals surface area contributed by atoms with E-state index in [1.807, 2.05) is 86.7 Å². The number of aromatic nitrogens is 2. The third kappa shape index (κ3) is 5.86. The molecule has 1 amide bonds. The summed E-state index contributed by atoms with van der Waals surface area (Å²) >= 11 is 2.54. The number of nitrogens with one attached hydrogen (secondary N) is 1. The lowest BCUT2D eigenvalue weighted by Crippen LogP contribution is -2.42. The summed E-state index contributed by atoms with van der Waals surface area (Å²) in [6.07, 6.45) is 4.77. The molecule has 5 rings (SSSR count). The Bertz CT molecular complexity index is 1570. The first kappa shape index (κ1) is 27.4. The number of nitriles is 1. The van der Waals surface area contributed by atoms with Crippen molar-refractivity contribution in [3.05, 3.63) is 95.0 Å². The van der Waals surface area contributed by atoms with Crippen LogP contribution in [0.2, 0.25) is 0 Å². The second kappa shape index (κ2) is 11.5. The molecule has 0 radical (unpaired) electrons. The van der Waals surface area contributed by atoms with Gasteiger partial charge in [-0.25, -0.2) is 0 Å². The van der Waals surface area contributed by atoms with Crippen molar-refractivity contribution < 1.29 is 9.59 Å². The van der Waals surface area contributed by atoms with Crippen LogP contribution >= 0.6 is 23.1 Å². The van der Waals surface area contributed by atoms with Gasteiger partial charge in [0.05, 0.1) is 17.4 Å². The molecule has 8 nitrogen and oxygen atoms in total. The fraction of sp³-hybridized carbons (Fsp3) is 0.233. The molecule has 1 unspecified atom stereocenters. The van der Waals surface area contributed by atoms with E-state index < -0.39 is 5.92 Å². The SMILES string of the molecule is CC1(C)CC(=O)C2=C(C1)N(c1nnc(SCC(=O)Nc3ccccc3)s1)C(N)=C(C#N)C2/C=C/c1ccccc1. The maximum absolute atomic E-state index is 13.6. The highest BCUT2D eigenvalue weighted by Gasteiger charge is 2.44. The number of Topliss-reactive ketones (excluding diaryl/α,β-unsaturated/α-hetero) is 1. The molecule has 0 bridgehead atoms. The maximum atomic E-state index is 13.6. The number of para-hydroxylation sites is 1. The van der Waals surface area contributed by atoms with Crippen molar-refractivity contribution in [3.8, 4) is 6.07 Å². The zero-order valence-corrected chi connectivity index (χ0v) is 23.8. The Morgan fingerprint density at radius 3 is 2.58 bits per heavy atom. The molecule has 40 heavy (non-hydrogen) atoms. The van der Waals surface area contributed by atoms with E-state index in [1.165, 1.54) is 23.1 Å². The molecule has 202 valence electrons. The van der Waals surface area contributed by atoms with Crippen LogP contribution in [0.25, 0.3) is 6.08 Å². The molecule has 1 aromatic heterocycles. The lowest BCUT2D eigenvalue weighted by Gasteiger charge is -2.41. The van der Waals surface area contributed by atoms with Crippen LogP contribution in [0.3, 0.4) is 0 Å². The van der Waals surface area contributed by atoms with Gasteiger partial charge >= 0.3 is 0 Å². The van der Waals surface area contributed by atoms with Crippen LogP contribution in [0, 0.1) is 22.7 Å². The molecule has 3 aromatic rings. The average Bonchev–Trinajstić information content (AvgIpc) is 3.39. The number of thioether (sulfide) groups is 1. The highest BCUT2D eigenvalue weighted by molar-refractivity contribution is 8.01. The number of carbonyl (C=O) groups excluding carboxylic acids is 2. The van der Waals surface area contributed by atoms with Crippen LogP contribution in [0.4, 0.5) is 10.8 Å². The number of nitrogens with two attached hydrogens (primary N) is 1. The van der Waals surface area contributed by atoms with Crippen molar-refractivity contribution >= 4 is 51.7 Å². The van der Waals surface area contributed by atoms with E-state index >= 15 is 0 Å². The number of anilines is 2. The summed E-state index contributed by atoms with van der Waals surface area (Å²) in [5.41, 5.74) is 9.67. The minimum absolute atomic E-state index is 0.00379. The molecular weight excluding hydrogens is 541 g/mol. The van der Waals surface area contributed by atoms with Crippen LogP contribution in [-0.2, 0) is 9.59 Å². The van der Waals surface area contributed by atoms with Crippen molar-refractivity contribution in [3.63, 3.8) is 0 Å². The third-order valence-corrected chi connectivity index (χ3v) is 8.72. The van der Waals surface area contributed by atoms with Crippen LogP contribution in [0.5, 0.6) is 0 Å². The Kier molecular flexibility index (Phi) is 7.87. The van der Waals surface area contributed by atoms with Gasteiger partial charge in [0.2, 0.25) is 11.0 Å². The summed E-state index contributed by atoms with van der Waals surface area (Å²) in [5, 5.41) is 22.1. The Morgan fingerprint density at radius 1 is 1.18 bits per heavy atom. The summed E-state index contributed by atoms with van der Waals surface area (Å²) in [6.45, 7) is 4.10. The number of ketones is 1. The number of allylic oxidation sites excluding steroid dienone is 4. The standard InChI is InChI=1S/C30H28N6O2S2/c1-30(2)15-23-26(24(37)16-30)21(14-13-19-9-5-3-6-10-19)22(17-31)27(32)36(23)28-34-35-29(40-28)39-18-25(38)33-20-11-7-4-8-12-20/h3-14,21H,15-16,18,32H2,1-2H3,(H,33,38)/b14-13+. The highest BCUT2D eigenvalue weighted by Crippen LogP contribution is 2.48. The molecule has 0 fully saturated rings. The predicted octanol–water partition coefficient (Wildman–Crippen LogP) is 5.76. The fourth-order valence-electron chi connectivity index (χ4n) is 4.93. The molecule has 1 aliphatic heterocycles. The molecule has 2 heterocycles. The van der Waals surface area contributed by atoms with E-state index in [4.69, 9.17) is 5.73 Å². The molecule has 2 aromatic carbocycles. The van der Waals surface area contributed by atoms with Crippen molar-refractivity contribution in [2.75, 3.05) is 16.0 Å². The molecule has 0 saturated carbocycles.